The first kappa shape index (κ1) is 12.3. The number of carbonyl (C=O) groups is 1. The summed E-state index contributed by atoms with van der Waals surface area (Å²) in [5, 5.41) is 16.4. The van der Waals surface area contributed by atoms with Crippen molar-refractivity contribution in [3.05, 3.63) is 44.8 Å². The second-order valence-electron chi connectivity index (χ2n) is 3.55. The number of nitrogens with one attached hydrogen (secondary N) is 1. The van der Waals surface area contributed by atoms with Crippen molar-refractivity contribution in [2.75, 3.05) is 6.54 Å². The lowest BCUT2D eigenvalue weighted by atomic mass is 10.2. The van der Waals surface area contributed by atoms with Gasteiger partial charge in [0, 0.05) is 11.4 Å². The molecule has 0 aliphatic heterocycles. The molecule has 2 aromatic heterocycles. The number of amides is 1. The van der Waals surface area contributed by atoms with Crippen LogP contribution in [0.3, 0.4) is 0 Å². The third-order valence-corrected chi connectivity index (χ3v) is 4.16. The Bertz CT molecular complexity index is 451. The summed E-state index contributed by atoms with van der Waals surface area (Å²) >= 11 is 2.94. The second-order valence-corrected chi connectivity index (χ2v) is 5.48. The zero-order valence-electron chi connectivity index (χ0n) is 9.13. The molecule has 2 N–H and O–H groups in total. The maximum atomic E-state index is 11.6. The topological polar surface area (TPSA) is 49.3 Å². The molecule has 3 nitrogen and oxygen atoms in total. The fourth-order valence-electron chi connectivity index (χ4n) is 1.44. The van der Waals surface area contributed by atoms with Crippen LogP contribution in [0.5, 0.6) is 0 Å². The molecule has 0 aliphatic carbocycles. The van der Waals surface area contributed by atoms with Gasteiger partial charge in [-0.3, -0.25) is 4.79 Å². The molecule has 0 spiro atoms. The molecule has 1 unspecified atom stereocenters. The van der Waals surface area contributed by atoms with E-state index in [-0.39, 0.29) is 5.91 Å². The molecule has 0 radical (unpaired) electrons. The standard InChI is InChI=1S/C12H13NO2S2/c14-9(10-3-1-7-16-10)5-6-13-12(15)11-4-2-8-17-11/h1-4,7-9,14H,5-6H2,(H,13,15). The van der Waals surface area contributed by atoms with Crippen LogP contribution in [-0.4, -0.2) is 17.6 Å². The highest BCUT2D eigenvalue weighted by molar-refractivity contribution is 7.12. The Balaban J connectivity index is 1.75. The van der Waals surface area contributed by atoms with E-state index < -0.39 is 6.10 Å². The molecule has 90 valence electrons. The highest BCUT2D eigenvalue weighted by Crippen LogP contribution is 2.21. The Kier molecular flexibility index (Phi) is 4.30. The van der Waals surface area contributed by atoms with Gasteiger partial charge in [-0.2, -0.15) is 0 Å². The molecule has 0 fully saturated rings. The van der Waals surface area contributed by atoms with Crippen LogP contribution in [0.2, 0.25) is 0 Å². The zero-order valence-corrected chi connectivity index (χ0v) is 10.8. The van der Waals surface area contributed by atoms with Crippen molar-refractivity contribution in [3.63, 3.8) is 0 Å². The van der Waals surface area contributed by atoms with E-state index in [1.165, 1.54) is 22.7 Å². The van der Waals surface area contributed by atoms with Gasteiger partial charge < -0.3 is 10.4 Å². The fourth-order valence-corrected chi connectivity index (χ4v) is 2.83. The summed E-state index contributed by atoms with van der Waals surface area (Å²) in [6, 6.07) is 7.44. The summed E-state index contributed by atoms with van der Waals surface area (Å²) in [5.74, 6) is -0.0709. The molecule has 5 heteroatoms. The van der Waals surface area contributed by atoms with Crippen molar-refractivity contribution >= 4 is 28.6 Å². The van der Waals surface area contributed by atoms with Gasteiger partial charge in [0.05, 0.1) is 11.0 Å². The molecule has 17 heavy (non-hydrogen) atoms. The maximum Gasteiger partial charge on any atom is 0.261 e. The number of aliphatic hydroxyl groups is 1. The number of rotatable bonds is 5. The number of hydrogen-bond donors (Lipinski definition) is 2. The fraction of sp³-hybridized carbons (Fsp3) is 0.250. The van der Waals surface area contributed by atoms with Crippen LogP contribution in [0.15, 0.2) is 35.0 Å². The van der Waals surface area contributed by atoms with E-state index in [9.17, 15) is 9.90 Å². The monoisotopic (exact) mass is 267 g/mol. The molecule has 2 aromatic rings. The lowest BCUT2D eigenvalue weighted by Gasteiger charge is -2.08. The SMILES string of the molecule is O=C(NCCC(O)c1cccs1)c1cccs1. The van der Waals surface area contributed by atoms with Gasteiger partial charge in [0.1, 0.15) is 0 Å². The quantitative estimate of drug-likeness (QED) is 0.875. The predicted molar refractivity (Wildman–Crippen MR) is 70.5 cm³/mol. The summed E-state index contributed by atoms with van der Waals surface area (Å²) in [6.45, 7) is 0.482. The molecule has 2 rings (SSSR count). The van der Waals surface area contributed by atoms with Gasteiger partial charge in [0.2, 0.25) is 0 Å². The Morgan fingerprint density at radius 3 is 2.71 bits per heavy atom. The molecular formula is C12H13NO2S2. The highest BCUT2D eigenvalue weighted by atomic mass is 32.1. The average Bonchev–Trinajstić information content (AvgIpc) is 3.02. The van der Waals surface area contributed by atoms with Gasteiger partial charge in [-0.05, 0) is 29.3 Å². The number of carbonyl (C=O) groups excluding carboxylic acids is 1. The van der Waals surface area contributed by atoms with Crippen LogP contribution in [0.1, 0.15) is 27.1 Å². The Morgan fingerprint density at radius 2 is 2.06 bits per heavy atom. The van der Waals surface area contributed by atoms with E-state index in [0.29, 0.717) is 17.8 Å². The molecular weight excluding hydrogens is 254 g/mol. The third-order valence-electron chi connectivity index (χ3n) is 2.32. The van der Waals surface area contributed by atoms with Gasteiger partial charge >= 0.3 is 0 Å². The summed E-state index contributed by atoms with van der Waals surface area (Å²) in [7, 11) is 0. The first-order chi connectivity index (χ1) is 8.27. The van der Waals surface area contributed by atoms with Crippen LogP contribution >= 0.6 is 22.7 Å². The molecule has 0 saturated heterocycles. The summed E-state index contributed by atoms with van der Waals surface area (Å²) in [6.07, 6.45) is 0.0519. The van der Waals surface area contributed by atoms with E-state index in [1.807, 2.05) is 29.0 Å². The molecule has 2 heterocycles. The van der Waals surface area contributed by atoms with Crippen LogP contribution in [0, 0.1) is 0 Å². The van der Waals surface area contributed by atoms with Gasteiger partial charge in [-0.15, -0.1) is 22.7 Å². The van der Waals surface area contributed by atoms with E-state index in [2.05, 4.69) is 5.32 Å². The summed E-state index contributed by atoms with van der Waals surface area (Å²) < 4.78 is 0. The third kappa shape index (κ3) is 3.39. The number of thiophene rings is 2. The van der Waals surface area contributed by atoms with Crippen molar-refractivity contribution in [2.45, 2.75) is 12.5 Å². The van der Waals surface area contributed by atoms with Gasteiger partial charge in [0.25, 0.3) is 5.91 Å². The molecule has 1 atom stereocenters. The zero-order chi connectivity index (χ0) is 12.1. The Hall–Kier alpha value is -1.17. The van der Waals surface area contributed by atoms with Crippen LogP contribution in [0.25, 0.3) is 0 Å². The molecule has 1 amide bonds. The number of hydrogen-bond acceptors (Lipinski definition) is 4. The molecule has 0 aliphatic rings. The van der Waals surface area contributed by atoms with Crippen LogP contribution in [0.4, 0.5) is 0 Å². The Morgan fingerprint density at radius 1 is 1.29 bits per heavy atom. The van der Waals surface area contributed by atoms with Gasteiger partial charge in [-0.25, -0.2) is 0 Å². The molecule has 0 saturated carbocycles. The predicted octanol–water partition coefficient (Wildman–Crippen LogP) is 2.66. The van der Waals surface area contributed by atoms with Crippen LogP contribution < -0.4 is 5.32 Å². The van der Waals surface area contributed by atoms with E-state index >= 15 is 0 Å². The first-order valence-corrected chi connectivity index (χ1v) is 7.06. The first-order valence-electron chi connectivity index (χ1n) is 5.30. The number of aliphatic hydroxyl groups excluding tert-OH is 1. The summed E-state index contributed by atoms with van der Waals surface area (Å²) in [4.78, 5) is 13.2. The lowest BCUT2D eigenvalue weighted by Crippen LogP contribution is -2.24. The van der Waals surface area contributed by atoms with E-state index in [0.717, 1.165) is 4.88 Å². The Labute approximate surface area is 108 Å². The second kappa shape index (κ2) is 5.95. The van der Waals surface area contributed by atoms with Crippen LogP contribution in [-0.2, 0) is 0 Å². The average molecular weight is 267 g/mol. The maximum absolute atomic E-state index is 11.6. The van der Waals surface area contributed by atoms with Crippen molar-refractivity contribution in [2.24, 2.45) is 0 Å². The largest absolute Gasteiger partial charge is 0.388 e. The lowest BCUT2D eigenvalue weighted by molar-refractivity contribution is 0.0947. The minimum absolute atomic E-state index is 0.0709. The normalized spacial score (nSPS) is 12.3. The van der Waals surface area contributed by atoms with Crippen molar-refractivity contribution in [3.8, 4) is 0 Å². The smallest absolute Gasteiger partial charge is 0.261 e. The van der Waals surface area contributed by atoms with Gasteiger partial charge in [0.15, 0.2) is 0 Å². The van der Waals surface area contributed by atoms with Crippen molar-refractivity contribution < 1.29 is 9.90 Å². The summed E-state index contributed by atoms with van der Waals surface area (Å²) in [5.41, 5.74) is 0. The van der Waals surface area contributed by atoms with E-state index in [1.54, 1.807) is 6.07 Å². The molecule has 0 bridgehead atoms. The van der Waals surface area contributed by atoms with Crippen molar-refractivity contribution in [1.82, 2.24) is 5.32 Å². The minimum Gasteiger partial charge on any atom is -0.388 e. The highest BCUT2D eigenvalue weighted by Gasteiger charge is 2.10. The molecule has 0 aromatic carbocycles. The van der Waals surface area contributed by atoms with Gasteiger partial charge in [-0.1, -0.05) is 12.1 Å². The van der Waals surface area contributed by atoms with E-state index in [4.69, 9.17) is 0 Å². The minimum atomic E-state index is -0.487. The van der Waals surface area contributed by atoms with Crippen molar-refractivity contribution in [1.29, 1.82) is 0 Å².